The van der Waals surface area contributed by atoms with Crippen LogP contribution in [0.1, 0.15) is 39.7 Å². The van der Waals surface area contributed by atoms with Gasteiger partial charge >= 0.3 is 0 Å². The predicted molar refractivity (Wildman–Crippen MR) is 78.2 cm³/mol. The van der Waals surface area contributed by atoms with E-state index in [1.165, 1.54) is 6.07 Å². The van der Waals surface area contributed by atoms with Crippen molar-refractivity contribution in [2.24, 2.45) is 0 Å². The third kappa shape index (κ3) is 2.96. The predicted octanol–water partition coefficient (Wildman–Crippen LogP) is 5.04. The van der Waals surface area contributed by atoms with Gasteiger partial charge in [0.2, 0.25) is 0 Å². The number of carbonyl (C=O) groups excluding carboxylic acids is 1. The highest BCUT2D eigenvalue weighted by Crippen LogP contribution is 2.26. The number of carbonyl (C=O) groups is 1. The largest absolute Gasteiger partial charge is 0.288 e. The minimum absolute atomic E-state index is 0.205. The first-order chi connectivity index (χ1) is 9.54. The molecule has 4 heteroatoms. The number of ketones is 1. The first-order valence-corrected chi connectivity index (χ1v) is 7.19. The lowest BCUT2D eigenvalue weighted by Gasteiger charge is -2.08. The fourth-order valence-corrected chi connectivity index (χ4v) is 2.24. The summed E-state index contributed by atoms with van der Waals surface area (Å²) in [5, 5.41) is 0. The number of hydrogen-bond acceptors (Lipinski definition) is 1. The Kier molecular flexibility index (Phi) is 4.65. The zero-order chi connectivity index (χ0) is 14.7. The lowest BCUT2D eigenvalue weighted by molar-refractivity contribution is 0.103. The molecule has 0 amide bonds. The minimum Gasteiger partial charge on any atom is -0.288 e. The van der Waals surface area contributed by atoms with E-state index in [0.717, 1.165) is 24.1 Å². The Balaban J connectivity index is 2.35. The zero-order valence-corrected chi connectivity index (χ0v) is 12.5. The van der Waals surface area contributed by atoms with E-state index < -0.39 is 23.0 Å². The molecule has 0 radical (unpaired) electrons. The number of alkyl halides is 1. The van der Waals surface area contributed by atoms with Gasteiger partial charge in [-0.05, 0) is 24.1 Å². The highest BCUT2D eigenvalue weighted by Gasteiger charge is 2.18. The Morgan fingerprint density at radius 1 is 1.10 bits per heavy atom. The van der Waals surface area contributed by atoms with E-state index in [0.29, 0.717) is 0 Å². The molecule has 20 heavy (non-hydrogen) atoms. The summed E-state index contributed by atoms with van der Waals surface area (Å²) in [6.45, 7) is 2.03. The quantitative estimate of drug-likeness (QED) is 0.563. The second kappa shape index (κ2) is 6.27. The summed E-state index contributed by atoms with van der Waals surface area (Å²) in [6.07, 6.45) is 0.912. The van der Waals surface area contributed by atoms with Crippen molar-refractivity contribution in [2.75, 3.05) is 0 Å². The van der Waals surface area contributed by atoms with Crippen molar-refractivity contribution in [1.29, 1.82) is 0 Å². The van der Waals surface area contributed by atoms with E-state index in [1.54, 1.807) is 24.3 Å². The van der Waals surface area contributed by atoms with Crippen LogP contribution in [-0.2, 0) is 0 Å². The first-order valence-electron chi connectivity index (χ1n) is 6.27. The number of benzene rings is 2. The molecule has 0 saturated carbocycles. The molecule has 2 aromatic rings. The highest BCUT2D eigenvalue weighted by molar-refractivity contribution is 9.09. The molecular weight excluding hydrogens is 326 g/mol. The maximum absolute atomic E-state index is 13.6. The van der Waals surface area contributed by atoms with Gasteiger partial charge in [0, 0.05) is 10.4 Å². The van der Waals surface area contributed by atoms with Crippen LogP contribution in [0.3, 0.4) is 0 Å². The molecule has 1 nitrogen and oxygen atoms in total. The molecule has 2 rings (SSSR count). The lowest BCUT2D eigenvalue weighted by Crippen LogP contribution is -2.07. The van der Waals surface area contributed by atoms with E-state index in [9.17, 15) is 13.6 Å². The van der Waals surface area contributed by atoms with Crippen LogP contribution >= 0.6 is 15.9 Å². The summed E-state index contributed by atoms with van der Waals surface area (Å²) in [5.74, 6) is -2.33. The van der Waals surface area contributed by atoms with Crippen LogP contribution in [0, 0.1) is 11.6 Å². The number of rotatable bonds is 4. The Labute approximate surface area is 124 Å². The second-order valence-electron chi connectivity index (χ2n) is 4.42. The molecule has 2 aromatic carbocycles. The molecule has 0 aliphatic carbocycles. The fourth-order valence-electron chi connectivity index (χ4n) is 1.94. The van der Waals surface area contributed by atoms with Crippen LogP contribution in [0.5, 0.6) is 0 Å². The molecule has 1 atom stereocenters. The molecule has 104 valence electrons. The fraction of sp³-hybridized carbons (Fsp3) is 0.188. The Bertz CT molecular complexity index is 603. The van der Waals surface area contributed by atoms with E-state index in [4.69, 9.17) is 0 Å². The molecule has 0 aliphatic rings. The van der Waals surface area contributed by atoms with E-state index in [-0.39, 0.29) is 10.4 Å². The molecule has 0 N–H and O–H groups in total. The van der Waals surface area contributed by atoms with Crippen molar-refractivity contribution in [3.63, 3.8) is 0 Å². The smallest absolute Gasteiger partial charge is 0.198 e. The minimum atomic E-state index is -0.842. The van der Waals surface area contributed by atoms with Crippen LogP contribution in [-0.4, -0.2) is 5.78 Å². The lowest BCUT2D eigenvalue weighted by atomic mass is 10.00. The Morgan fingerprint density at radius 3 is 2.15 bits per heavy atom. The van der Waals surface area contributed by atoms with Gasteiger partial charge in [0.1, 0.15) is 11.6 Å². The molecule has 0 aliphatic heterocycles. The van der Waals surface area contributed by atoms with E-state index >= 15 is 0 Å². The van der Waals surface area contributed by atoms with Gasteiger partial charge in [-0.3, -0.25) is 4.79 Å². The summed E-state index contributed by atoms with van der Waals surface area (Å²) >= 11 is 3.51. The van der Waals surface area contributed by atoms with Gasteiger partial charge in [0.15, 0.2) is 5.78 Å². The average molecular weight is 339 g/mol. The van der Waals surface area contributed by atoms with Crippen molar-refractivity contribution in [2.45, 2.75) is 18.2 Å². The van der Waals surface area contributed by atoms with Gasteiger partial charge in [-0.1, -0.05) is 53.2 Å². The van der Waals surface area contributed by atoms with Crippen LogP contribution in [0.2, 0.25) is 0 Å². The van der Waals surface area contributed by atoms with E-state index in [2.05, 4.69) is 15.9 Å². The van der Waals surface area contributed by atoms with Crippen molar-refractivity contribution in [3.8, 4) is 0 Å². The summed E-state index contributed by atoms with van der Waals surface area (Å²) in [7, 11) is 0. The average Bonchev–Trinajstić information content (AvgIpc) is 2.46. The third-order valence-corrected chi connectivity index (χ3v) is 4.26. The summed E-state index contributed by atoms with van der Waals surface area (Å²) in [6, 6.07) is 10.2. The van der Waals surface area contributed by atoms with Gasteiger partial charge in [-0.25, -0.2) is 8.78 Å². The SMILES string of the molecule is CCC(Br)c1ccc(C(=O)c2c(F)cccc2F)cc1. The second-order valence-corrected chi connectivity index (χ2v) is 5.53. The standard InChI is InChI=1S/C16H13BrF2O/c1-2-12(17)10-6-8-11(9-7-10)16(20)15-13(18)4-3-5-14(15)19/h3-9,12H,2H2,1H3. The van der Waals surface area contributed by atoms with Crippen molar-refractivity contribution >= 4 is 21.7 Å². The Morgan fingerprint density at radius 2 is 1.65 bits per heavy atom. The van der Waals surface area contributed by atoms with Crippen molar-refractivity contribution in [3.05, 3.63) is 70.8 Å². The van der Waals surface area contributed by atoms with Crippen LogP contribution in [0.15, 0.2) is 42.5 Å². The summed E-state index contributed by atoms with van der Waals surface area (Å²) in [5.41, 5.74) is 0.790. The molecule has 1 unspecified atom stereocenters. The van der Waals surface area contributed by atoms with Crippen LogP contribution in [0.25, 0.3) is 0 Å². The number of halogens is 3. The van der Waals surface area contributed by atoms with Crippen molar-refractivity contribution < 1.29 is 13.6 Å². The summed E-state index contributed by atoms with van der Waals surface area (Å²) in [4.78, 5) is 12.4. The summed E-state index contributed by atoms with van der Waals surface area (Å²) < 4.78 is 27.2. The first kappa shape index (κ1) is 14.9. The van der Waals surface area contributed by atoms with Gasteiger partial charge in [-0.2, -0.15) is 0 Å². The monoisotopic (exact) mass is 338 g/mol. The molecule has 0 fully saturated rings. The molecule has 0 spiro atoms. The molecule has 0 aromatic heterocycles. The van der Waals surface area contributed by atoms with Gasteiger partial charge in [0.25, 0.3) is 0 Å². The van der Waals surface area contributed by atoms with E-state index in [1.807, 2.05) is 6.92 Å². The maximum Gasteiger partial charge on any atom is 0.198 e. The molecule has 0 bridgehead atoms. The topological polar surface area (TPSA) is 17.1 Å². The molecular formula is C16H13BrF2O. The van der Waals surface area contributed by atoms with Crippen molar-refractivity contribution in [1.82, 2.24) is 0 Å². The normalized spacial score (nSPS) is 12.2. The van der Waals surface area contributed by atoms with Crippen LogP contribution < -0.4 is 0 Å². The number of hydrogen-bond donors (Lipinski definition) is 0. The zero-order valence-electron chi connectivity index (χ0n) is 10.9. The molecule has 0 heterocycles. The van der Waals surface area contributed by atoms with Crippen LogP contribution in [0.4, 0.5) is 8.78 Å². The third-order valence-electron chi connectivity index (χ3n) is 3.08. The maximum atomic E-state index is 13.6. The molecule has 0 saturated heterocycles. The van der Waals surface area contributed by atoms with Gasteiger partial charge in [0.05, 0.1) is 5.56 Å². The van der Waals surface area contributed by atoms with Gasteiger partial charge < -0.3 is 0 Å². The van der Waals surface area contributed by atoms with Gasteiger partial charge in [-0.15, -0.1) is 0 Å². The highest BCUT2D eigenvalue weighted by atomic mass is 79.9. The Hall–Kier alpha value is -1.55.